The van der Waals surface area contributed by atoms with Gasteiger partial charge in [-0.05, 0) is 31.2 Å². The van der Waals surface area contributed by atoms with Crippen LogP contribution in [0.15, 0.2) is 47.5 Å². The van der Waals surface area contributed by atoms with Gasteiger partial charge in [-0.25, -0.2) is 9.38 Å². The van der Waals surface area contributed by atoms with Crippen molar-refractivity contribution >= 4 is 35.6 Å². The predicted molar refractivity (Wildman–Crippen MR) is 112 cm³/mol. The Balaban J connectivity index is 0.00000338. The Kier molecular flexibility index (Phi) is 8.97. The van der Waals surface area contributed by atoms with Gasteiger partial charge in [-0.15, -0.1) is 24.0 Å². The second-order valence-corrected chi connectivity index (χ2v) is 5.28. The van der Waals surface area contributed by atoms with E-state index in [0.717, 1.165) is 0 Å². The number of halogens is 2. The van der Waals surface area contributed by atoms with Crippen molar-refractivity contribution in [2.24, 2.45) is 10.7 Å². The number of nitrogens with zero attached hydrogens (tertiary/aromatic N) is 1. The molecule has 0 radical (unpaired) electrons. The van der Waals surface area contributed by atoms with Gasteiger partial charge in [-0.3, -0.25) is 0 Å². The fourth-order valence-electron chi connectivity index (χ4n) is 2.12. The lowest BCUT2D eigenvalue weighted by Crippen LogP contribution is -2.25. The van der Waals surface area contributed by atoms with Crippen LogP contribution in [-0.4, -0.2) is 32.8 Å². The lowest BCUT2D eigenvalue weighted by molar-refractivity contribution is 0.220. The molecule has 0 spiro atoms. The normalized spacial score (nSPS) is 11.9. The fourth-order valence-corrected chi connectivity index (χ4v) is 2.12. The Morgan fingerprint density at radius 2 is 1.81 bits per heavy atom. The molecule has 6 nitrogen and oxygen atoms in total. The topological polar surface area (TPSA) is 78.1 Å². The Morgan fingerprint density at radius 1 is 1.12 bits per heavy atom. The standard InChI is InChI=1S/C18H22FN3O3.HI/c1-12(25-15-7-5-4-6-14(15)19)11-21-18(20)22-13-8-9-16(23-2)17(10-13)24-3;/h4-10,12H,11H2,1-3H3,(H3,20,21,22);1H. The molecule has 0 aliphatic heterocycles. The molecule has 0 fully saturated rings. The Bertz CT molecular complexity index is 743. The maximum Gasteiger partial charge on any atom is 0.193 e. The summed E-state index contributed by atoms with van der Waals surface area (Å²) in [5.41, 5.74) is 6.59. The van der Waals surface area contributed by atoms with E-state index in [9.17, 15) is 4.39 Å². The predicted octanol–water partition coefficient (Wildman–Crippen LogP) is 3.66. The van der Waals surface area contributed by atoms with Gasteiger partial charge in [0.2, 0.25) is 0 Å². The summed E-state index contributed by atoms with van der Waals surface area (Å²) >= 11 is 0. The molecule has 2 rings (SSSR count). The van der Waals surface area contributed by atoms with Crippen LogP contribution in [0.4, 0.5) is 10.1 Å². The second kappa shape index (κ2) is 10.7. The summed E-state index contributed by atoms with van der Waals surface area (Å²) in [6, 6.07) is 11.5. The third-order valence-electron chi connectivity index (χ3n) is 3.34. The first kappa shape index (κ1) is 21.8. The van der Waals surface area contributed by atoms with E-state index < -0.39 is 5.82 Å². The quantitative estimate of drug-likeness (QED) is 0.363. The molecule has 0 bridgehead atoms. The molecule has 0 aromatic heterocycles. The maximum absolute atomic E-state index is 13.5. The number of hydrogen-bond acceptors (Lipinski definition) is 4. The largest absolute Gasteiger partial charge is 0.493 e. The molecule has 3 N–H and O–H groups in total. The molecule has 0 aliphatic rings. The average molecular weight is 475 g/mol. The van der Waals surface area contributed by atoms with Crippen molar-refractivity contribution in [1.29, 1.82) is 0 Å². The fraction of sp³-hybridized carbons (Fsp3) is 0.278. The average Bonchev–Trinajstić information content (AvgIpc) is 2.62. The number of benzene rings is 2. The van der Waals surface area contributed by atoms with E-state index in [1.807, 2.05) is 0 Å². The van der Waals surface area contributed by atoms with Crippen LogP contribution in [0.5, 0.6) is 17.2 Å². The molecule has 8 heteroatoms. The maximum atomic E-state index is 13.5. The first-order valence-electron chi connectivity index (χ1n) is 7.73. The SMILES string of the molecule is COc1ccc(NC(N)=NCC(C)Oc2ccccc2F)cc1OC.I. The lowest BCUT2D eigenvalue weighted by Gasteiger charge is -2.14. The number of para-hydroxylation sites is 1. The number of guanidine groups is 1. The summed E-state index contributed by atoms with van der Waals surface area (Å²) in [4.78, 5) is 4.21. The van der Waals surface area contributed by atoms with Crippen molar-refractivity contribution in [2.75, 3.05) is 26.1 Å². The van der Waals surface area contributed by atoms with Crippen LogP contribution >= 0.6 is 24.0 Å². The zero-order chi connectivity index (χ0) is 18.2. The second-order valence-electron chi connectivity index (χ2n) is 5.28. The molecule has 26 heavy (non-hydrogen) atoms. The molecule has 0 heterocycles. The minimum Gasteiger partial charge on any atom is -0.493 e. The number of nitrogens with one attached hydrogen (secondary N) is 1. The lowest BCUT2D eigenvalue weighted by atomic mass is 10.3. The molecule has 2 aromatic carbocycles. The van der Waals surface area contributed by atoms with Crippen LogP contribution in [0.1, 0.15) is 6.92 Å². The summed E-state index contributed by atoms with van der Waals surface area (Å²) in [6.45, 7) is 2.07. The molecule has 142 valence electrons. The van der Waals surface area contributed by atoms with Gasteiger partial charge in [0.15, 0.2) is 29.0 Å². The first-order valence-corrected chi connectivity index (χ1v) is 7.73. The van der Waals surface area contributed by atoms with E-state index in [-0.39, 0.29) is 48.3 Å². The van der Waals surface area contributed by atoms with E-state index in [1.165, 1.54) is 6.07 Å². The molecule has 2 aromatic rings. The van der Waals surface area contributed by atoms with Crippen molar-refractivity contribution in [3.05, 3.63) is 48.3 Å². The summed E-state index contributed by atoms with van der Waals surface area (Å²) in [7, 11) is 3.12. The number of anilines is 1. The summed E-state index contributed by atoms with van der Waals surface area (Å²) in [5.74, 6) is 1.20. The highest BCUT2D eigenvalue weighted by molar-refractivity contribution is 14.0. The van der Waals surface area contributed by atoms with E-state index >= 15 is 0 Å². The molecule has 0 amide bonds. The minimum atomic E-state index is -0.408. The van der Waals surface area contributed by atoms with Crippen molar-refractivity contribution in [3.8, 4) is 17.2 Å². The molecule has 0 saturated heterocycles. The molecule has 0 aliphatic carbocycles. The first-order chi connectivity index (χ1) is 12.0. The number of rotatable bonds is 7. The molecular weight excluding hydrogens is 452 g/mol. The Morgan fingerprint density at radius 3 is 2.46 bits per heavy atom. The third kappa shape index (κ3) is 6.25. The Labute approximate surface area is 169 Å². The van der Waals surface area contributed by atoms with Gasteiger partial charge in [0.25, 0.3) is 0 Å². The zero-order valence-corrected chi connectivity index (χ0v) is 17.2. The smallest absolute Gasteiger partial charge is 0.193 e. The monoisotopic (exact) mass is 475 g/mol. The van der Waals surface area contributed by atoms with Gasteiger partial charge in [0, 0.05) is 11.8 Å². The van der Waals surface area contributed by atoms with Crippen LogP contribution in [0.3, 0.4) is 0 Å². The van der Waals surface area contributed by atoms with Crippen molar-refractivity contribution in [1.82, 2.24) is 0 Å². The number of aliphatic imine (C=N–C) groups is 1. The van der Waals surface area contributed by atoms with Crippen molar-refractivity contribution in [3.63, 3.8) is 0 Å². The van der Waals surface area contributed by atoms with Gasteiger partial charge in [0.1, 0.15) is 6.10 Å². The highest BCUT2D eigenvalue weighted by Crippen LogP contribution is 2.29. The van der Waals surface area contributed by atoms with E-state index in [1.54, 1.807) is 57.5 Å². The summed E-state index contributed by atoms with van der Waals surface area (Å²) in [6.07, 6.45) is -0.331. The van der Waals surface area contributed by atoms with Crippen LogP contribution < -0.4 is 25.3 Å². The van der Waals surface area contributed by atoms with Gasteiger partial charge in [0.05, 0.1) is 20.8 Å². The summed E-state index contributed by atoms with van der Waals surface area (Å²) < 4.78 is 29.5. The minimum absolute atomic E-state index is 0. The number of hydrogen-bond donors (Lipinski definition) is 2. The van der Waals surface area contributed by atoms with E-state index in [0.29, 0.717) is 17.2 Å². The molecular formula is C18H23FIN3O3. The van der Waals surface area contributed by atoms with Gasteiger partial charge < -0.3 is 25.3 Å². The molecule has 0 saturated carbocycles. The van der Waals surface area contributed by atoms with Crippen LogP contribution in [0, 0.1) is 5.82 Å². The zero-order valence-electron chi connectivity index (χ0n) is 14.9. The highest BCUT2D eigenvalue weighted by atomic mass is 127. The van der Waals surface area contributed by atoms with E-state index in [4.69, 9.17) is 19.9 Å². The van der Waals surface area contributed by atoms with Crippen LogP contribution in [0.2, 0.25) is 0 Å². The third-order valence-corrected chi connectivity index (χ3v) is 3.34. The van der Waals surface area contributed by atoms with Crippen LogP contribution in [0.25, 0.3) is 0 Å². The van der Waals surface area contributed by atoms with Crippen molar-refractivity contribution in [2.45, 2.75) is 13.0 Å². The Hall–Kier alpha value is -2.23. The van der Waals surface area contributed by atoms with E-state index in [2.05, 4.69) is 10.3 Å². The molecule has 1 unspecified atom stereocenters. The van der Waals surface area contributed by atoms with Crippen molar-refractivity contribution < 1.29 is 18.6 Å². The van der Waals surface area contributed by atoms with Gasteiger partial charge in [-0.2, -0.15) is 0 Å². The van der Waals surface area contributed by atoms with Crippen LogP contribution in [-0.2, 0) is 0 Å². The number of methoxy groups -OCH3 is 2. The number of ether oxygens (including phenoxy) is 3. The van der Waals surface area contributed by atoms with Gasteiger partial charge in [-0.1, -0.05) is 12.1 Å². The number of nitrogens with two attached hydrogens (primary N) is 1. The molecule has 1 atom stereocenters. The highest BCUT2D eigenvalue weighted by Gasteiger charge is 2.08. The summed E-state index contributed by atoms with van der Waals surface area (Å²) in [5, 5.41) is 2.96. The van der Waals surface area contributed by atoms with Gasteiger partial charge >= 0.3 is 0 Å².